The first-order chi connectivity index (χ1) is 17.7. The molecule has 3 aromatic heterocycles. The predicted molar refractivity (Wildman–Crippen MR) is 133 cm³/mol. The number of rotatable bonds is 10. The second kappa shape index (κ2) is 10.6. The number of aromatic nitrogens is 6. The van der Waals surface area contributed by atoms with Gasteiger partial charge in [-0.15, -0.1) is 0 Å². The molecule has 11 nitrogen and oxygen atoms in total. The summed E-state index contributed by atoms with van der Waals surface area (Å²) in [7, 11) is 3.29. The Hall–Kier alpha value is -4.52. The third-order valence-corrected chi connectivity index (χ3v) is 5.39. The van der Waals surface area contributed by atoms with Crippen LogP contribution >= 0.6 is 0 Å². The molecule has 4 N–H and O–H groups in total. The first-order valence-electron chi connectivity index (χ1n) is 11.3. The number of ketones is 1. The number of hydrogen-bond acceptors (Lipinski definition) is 10. The van der Waals surface area contributed by atoms with Crippen molar-refractivity contribution in [2.75, 3.05) is 24.3 Å². The van der Waals surface area contributed by atoms with Gasteiger partial charge in [-0.3, -0.25) is 9.48 Å². The molecule has 3 heterocycles. The van der Waals surface area contributed by atoms with Crippen molar-refractivity contribution in [3.8, 4) is 17.1 Å². The maximum Gasteiger partial charge on any atom is 0.303 e. The van der Waals surface area contributed by atoms with E-state index in [9.17, 15) is 13.6 Å². The van der Waals surface area contributed by atoms with Crippen molar-refractivity contribution < 1.29 is 18.3 Å². The molecule has 4 rings (SSSR count). The van der Waals surface area contributed by atoms with Gasteiger partial charge in [-0.2, -0.15) is 13.9 Å². The highest BCUT2D eigenvalue weighted by Gasteiger charge is 2.31. The van der Waals surface area contributed by atoms with Crippen molar-refractivity contribution in [1.82, 2.24) is 29.7 Å². The van der Waals surface area contributed by atoms with E-state index >= 15 is 0 Å². The summed E-state index contributed by atoms with van der Waals surface area (Å²) >= 11 is 0. The SMILES string of the molecule is CCC(=O)c1cnc(Nc2cnc(C(F)(F)CN)cn2)cc1Nc1cccc(-c2ncn(C)n2)c1OC. The van der Waals surface area contributed by atoms with E-state index in [2.05, 4.69) is 35.7 Å². The molecule has 0 radical (unpaired) electrons. The maximum absolute atomic E-state index is 13.7. The van der Waals surface area contributed by atoms with Crippen molar-refractivity contribution in [3.63, 3.8) is 0 Å². The zero-order valence-electron chi connectivity index (χ0n) is 20.4. The zero-order valence-corrected chi connectivity index (χ0v) is 20.4. The number of aryl methyl sites for hydroxylation is 1. The van der Waals surface area contributed by atoms with Crippen LogP contribution in [-0.2, 0) is 13.0 Å². The number of para-hydroxylation sites is 1. The maximum atomic E-state index is 13.7. The number of carbonyl (C=O) groups is 1. The van der Waals surface area contributed by atoms with Gasteiger partial charge >= 0.3 is 5.92 Å². The number of halogens is 2. The monoisotopic (exact) mass is 509 g/mol. The topological polar surface area (TPSA) is 146 Å². The Balaban J connectivity index is 1.68. The smallest absolute Gasteiger partial charge is 0.303 e. The van der Waals surface area contributed by atoms with E-state index in [1.807, 2.05) is 12.1 Å². The van der Waals surface area contributed by atoms with Gasteiger partial charge < -0.3 is 21.1 Å². The number of Topliss-reactive ketones (excluding diaryl/α,β-unsaturated/α-hetero) is 1. The lowest BCUT2D eigenvalue weighted by Crippen LogP contribution is -2.26. The molecular formula is C24H25F2N9O2. The highest BCUT2D eigenvalue weighted by molar-refractivity contribution is 6.02. The Kier molecular flexibility index (Phi) is 7.34. The molecule has 4 aromatic rings. The van der Waals surface area contributed by atoms with E-state index in [0.717, 1.165) is 12.4 Å². The van der Waals surface area contributed by atoms with Crippen LogP contribution in [0.25, 0.3) is 11.4 Å². The lowest BCUT2D eigenvalue weighted by Gasteiger charge is -2.17. The van der Waals surface area contributed by atoms with E-state index in [4.69, 9.17) is 10.5 Å². The van der Waals surface area contributed by atoms with Crippen molar-refractivity contribution in [1.29, 1.82) is 0 Å². The number of ether oxygens (including phenoxy) is 1. The quantitative estimate of drug-likeness (QED) is 0.270. The van der Waals surface area contributed by atoms with Gasteiger partial charge in [0.1, 0.15) is 23.7 Å². The van der Waals surface area contributed by atoms with Crippen LogP contribution in [0.3, 0.4) is 0 Å². The minimum Gasteiger partial charge on any atom is -0.494 e. The molecule has 0 fully saturated rings. The van der Waals surface area contributed by atoms with Gasteiger partial charge in [0.05, 0.1) is 48.5 Å². The molecular weight excluding hydrogens is 484 g/mol. The minimum absolute atomic E-state index is 0.128. The number of alkyl halides is 2. The molecule has 0 aliphatic carbocycles. The summed E-state index contributed by atoms with van der Waals surface area (Å²) in [5.41, 5.74) is 6.61. The number of nitrogens with two attached hydrogens (primary N) is 1. The number of anilines is 4. The summed E-state index contributed by atoms with van der Waals surface area (Å²) in [6, 6.07) is 7.04. The molecule has 0 unspecified atom stereocenters. The highest BCUT2D eigenvalue weighted by atomic mass is 19.3. The molecule has 0 aliphatic heterocycles. The Morgan fingerprint density at radius 3 is 2.49 bits per heavy atom. The minimum atomic E-state index is -3.28. The number of benzene rings is 1. The molecule has 0 spiro atoms. The number of nitrogens with zero attached hydrogens (tertiary/aromatic N) is 6. The average molecular weight is 510 g/mol. The van der Waals surface area contributed by atoms with Gasteiger partial charge in [0.2, 0.25) is 0 Å². The van der Waals surface area contributed by atoms with Crippen LogP contribution in [0.4, 0.5) is 31.8 Å². The van der Waals surface area contributed by atoms with E-state index < -0.39 is 18.2 Å². The third-order valence-electron chi connectivity index (χ3n) is 5.39. The summed E-state index contributed by atoms with van der Waals surface area (Å²) in [4.78, 5) is 28.9. The summed E-state index contributed by atoms with van der Waals surface area (Å²) in [5.74, 6) is -1.95. The number of nitrogens with one attached hydrogen (secondary N) is 2. The molecule has 0 bridgehead atoms. The molecule has 0 aliphatic rings. The van der Waals surface area contributed by atoms with Gasteiger partial charge in [0.15, 0.2) is 17.4 Å². The first kappa shape index (κ1) is 25.6. The molecule has 0 saturated carbocycles. The second-order valence-electron chi connectivity index (χ2n) is 7.97. The predicted octanol–water partition coefficient (Wildman–Crippen LogP) is 3.81. The van der Waals surface area contributed by atoms with E-state index in [1.54, 1.807) is 37.1 Å². The fraction of sp³-hybridized carbons (Fsp3) is 0.250. The van der Waals surface area contributed by atoms with Gasteiger partial charge in [0, 0.05) is 25.7 Å². The fourth-order valence-corrected chi connectivity index (χ4v) is 3.50. The molecule has 1 aromatic carbocycles. The average Bonchev–Trinajstić information content (AvgIpc) is 3.34. The van der Waals surface area contributed by atoms with E-state index in [1.165, 1.54) is 13.3 Å². The Morgan fingerprint density at radius 1 is 1.08 bits per heavy atom. The van der Waals surface area contributed by atoms with Gasteiger partial charge in [-0.25, -0.2) is 19.9 Å². The Bertz CT molecular complexity index is 1410. The van der Waals surface area contributed by atoms with Crippen LogP contribution in [0.15, 0.2) is 49.2 Å². The summed E-state index contributed by atoms with van der Waals surface area (Å²) in [6.07, 6.45) is 5.38. The fourth-order valence-electron chi connectivity index (χ4n) is 3.50. The number of carbonyl (C=O) groups excluding carboxylic acids is 1. The molecule has 0 atom stereocenters. The van der Waals surface area contributed by atoms with Gasteiger partial charge in [-0.1, -0.05) is 13.0 Å². The zero-order chi connectivity index (χ0) is 26.6. The Labute approximate surface area is 211 Å². The first-order valence-corrected chi connectivity index (χ1v) is 11.3. The van der Waals surface area contributed by atoms with E-state index in [-0.39, 0.29) is 18.0 Å². The normalized spacial score (nSPS) is 11.3. The van der Waals surface area contributed by atoms with Gasteiger partial charge in [-0.05, 0) is 12.1 Å². The molecule has 37 heavy (non-hydrogen) atoms. The van der Waals surface area contributed by atoms with Crippen LogP contribution in [0, 0.1) is 0 Å². The van der Waals surface area contributed by atoms with Crippen LogP contribution in [0.1, 0.15) is 29.4 Å². The number of pyridine rings is 1. The summed E-state index contributed by atoms with van der Waals surface area (Å²) in [6.45, 7) is 0.875. The molecule has 0 amide bonds. The lowest BCUT2D eigenvalue weighted by molar-refractivity contribution is 0.00103. The van der Waals surface area contributed by atoms with Crippen molar-refractivity contribution >= 4 is 28.8 Å². The van der Waals surface area contributed by atoms with Crippen LogP contribution < -0.4 is 21.1 Å². The standard InChI is InChI=1S/C24H25F2N9O2/c1-4-18(36)15-9-29-20(33-21-11-28-19(10-30-21)24(25,26)12-27)8-17(15)32-16-7-5-6-14(22(16)37-3)23-31-13-35(2)34-23/h5-11,13H,4,12,27H2,1-3H3,(H2,29,30,32,33). The van der Waals surface area contributed by atoms with Crippen molar-refractivity contribution in [2.24, 2.45) is 12.8 Å². The van der Waals surface area contributed by atoms with Crippen molar-refractivity contribution in [2.45, 2.75) is 19.3 Å². The highest BCUT2D eigenvalue weighted by Crippen LogP contribution is 2.37. The largest absolute Gasteiger partial charge is 0.494 e. The van der Waals surface area contributed by atoms with Gasteiger partial charge in [0.25, 0.3) is 0 Å². The molecule has 0 saturated heterocycles. The summed E-state index contributed by atoms with van der Waals surface area (Å²) < 4.78 is 34.7. The third kappa shape index (κ3) is 5.51. The van der Waals surface area contributed by atoms with Crippen LogP contribution in [0.2, 0.25) is 0 Å². The Morgan fingerprint density at radius 2 is 1.86 bits per heavy atom. The number of methoxy groups -OCH3 is 1. The molecule has 13 heteroatoms. The molecule has 192 valence electrons. The van der Waals surface area contributed by atoms with E-state index in [0.29, 0.717) is 39.9 Å². The number of hydrogen-bond donors (Lipinski definition) is 3. The van der Waals surface area contributed by atoms with Crippen LogP contribution in [0.5, 0.6) is 5.75 Å². The second-order valence-corrected chi connectivity index (χ2v) is 7.97. The lowest BCUT2D eigenvalue weighted by atomic mass is 10.1. The summed E-state index contributed by atoms with van der Waals surface area (Å²) in [5, 5.41) is 10.5. The van der Waals surface area contributed by atoms with Crippen LogP contribution in [-0.4, -0.2) is 49.2 Å². The van der Waals surface area contributed by atoms with Crippen molar-refractivity contribution in [3.05, 3.63) is 60.4 Å².